The SMILES string of the molecule is CCC(CC)C(=O)N1CCC(NC(=O)NC(C)(C)C)CC1. The molecule has 0 radical (unpaired) electrons. The molecule has 0 aromatic rings. The van der Waals surface area contributed by atoms with Crippen molar-refractivity contribution in [3.8, 4) is 0 Å². The predicted molar refractivity (Wildman–Crippen MR) is 85.1 cm³/mol. The van der Waals surface area contributed by atoms with Crippen LogP contribution in [0.15, 0.2) is 0 Å². The zero-order valence-electron chi connectivity index (χ0n) is 14.2. The molecule has 0 spiro atoms. The minimum atomic E-state index is -0.226. The Hall–Kier alpha value is -1.26. The largest absolute Gasteiger partial charge is 0.342 e. The molecule has 122 valence electrons. The summed E-state index contributed by atoms with van der Waals surface area (Å²) in [6.07, 6.45) is 3.48. The van der Waals surface area contributed by atoms with Gasteiger partial charge in [-0.25, -0.2) is 4.79 Å². The van der Waals surface area contributed by atoms with Gasteiger partial charge in [0.25, 0.3) is 0 Å². The molecule has 0 unspecified atom stereocenters. The van der Waals surface area contributed by atoms with Crippen LogP contribution in [0.1, 0.15) is 60.3 Å². The van der Waals surface area contributed by atoms with Gasteiger partial charge < -0.3 is 15.5 Å². The third kappa shape index (κ3) is 5.94. The van der Waals surface area contributed by atoms with Crippen molar-refractivity contribution in [2.45, 2.75) is 71.9 Å². The lowest BCUT2D eigenvalue weighted by molar-refractivity contribution is -0.136. The van der Waals surface area contributed by atoms with Crippen LogP contribution in [0.2, 0.25) is 0 Å². The van der Waals surface area contributed by atoms with Crippen LogP contribution in [0.3, 0.4) is 0 Å². The highest BCUT2D eigenvalue weighted by atomic mass is 16.2. The van der Waals surface area contributed by atoms with Crippen molar-refractivity contribution in [3.63, 3.8) is 0 Å². The van der Waals surface area contributed by atoms with E-state index < -0.39 is 0 Å². The molecule has 1 fully saturated rings. The number of hydrogen-bond donors (Lipinski definition) is 2. The molecule has 5 nitrogen and oxygen atoms in total. The number of carbonyl (C=O) groups is 2. The Morgan fingerprint density at radius 1 is 1.14 bits per heavy atom. The highest BCUT2D eigenvalue weighted by molar-refractivity contribution is 5.79. The molecule has 5 heteroatoms. The summed E-state index contributed by atoms with van der Waals surface area (Å²) in [4.78, 5) is 26.1. The van der Waals surface area contributed by atoms with Gasteiger partial charge in [0.2, 0.25) is 5.91 Å². The number of carbonyl (C=O) groups excluding carboxylic acids is 2. The number of rotatable bonds is 4. The summed E-state index contributed by atoms with van der Waals surface area (Å²) in [5, 5.41) is 5.91. The fourth-order valence-electron chi connectivity index (χ4n) is 2.70. The lowest BCUT2D eigenvalue weighted by Crippen LogP contribution is -2.53. The average Bonchev–Trinajstić information content (AvgIpc) is 2.38. The molecule has 0 atom stereocenters. The van der Waals surface area contributed by atoms with E-state index in [1.54, 1.807) is 0 Å². The number of urea groups is 1. The molecule has 0 bridgehead atoms. The van der Waals surface area contributed by atoms with Gasteiger partial charge >= 0.3 is 6.03 Å². The molecule has 1 heterocycles. The van der Waals surface area contributed by atoms with Gasteiger partial charge in [0.05, 0.1) is 0 Å². The first-order valence-corrected chi connectivity index (χ1v) is 8.14. The smallest absolute Gasteiger partial charge is 0.315 e. The van der Waals surface area contributed by atoms with Crippen molar-refractivity contribution >= 4 is 11.9 Å². The van der Waals surface area contributed by atoms with Gasteiger partial charge in [-0.2, -0.15) is 0 Å². The van der Waals surface area contributed by atoms with Gasteiger partial charge in [0.1, 0.15) is 0 Å². The third-order valence-electron chi connectivity index (χ3n) is 3.97. The van der Waals surface area contributed by atoms with Crippen LogP contribution in [0.25, 0.3) is 0 Å². The van der Waals surface area contributed by atoms with Gasteiger partial charge in [-0.1, -0.05) is 13.8 Å². The van der Waals surface area contributed by atoms with E-state index in [2.05, 4.69) is 24.5 Å². The molecule has 1 aliphatic rings. The van der Waals surface area contributed by atoms with E-state index >= 15 is 0 Å². The standard InChI is InChI=1S/C16H31N3O2/c1-6-12(7-2)14(20)19-10-8-13(9-11-19)17-15(21)18-16(3,4)5/h12-13H,6-11H2,1-5H3,(H2,17,18,21). The summed E-state index contributed by atoms with van der Waals surface area (Å²) >= 11 is 0. The molecule has 21 heavy (non-hydrogen) atoms. The summed E-state index contributed by atoms with van der Waals surface area (Å²) in [6, 6.07) is 0.0466. The van der Waals surface area contributed by atoms with Crippen molar-refractivity contribution in [2.75, 3.05) is 13.1 Å². The molecule has 1 aliphatic heterocycles. The van der Waals surface area contributed by atoms with E-state index in [1.807, 2.05) is 25.7 Å². The van der Waals surface area contributed by atoms with E-state index in [4.69, 9.17) is 0 Å². The second-order valence-corrected chi connectivity index (χ2v) is 6.96. The Morgan fingerprint density at radius 3 is 2.10 bits per heavy atom. The van der Waals surface area contributed by atoms with Gasteiger partial charge in [-0.05, 0) is 46.5 Å². The minimum Gasteiger partial charge on any atom is -0.342 e. The number of likely N-dealkylation sites (tertiary alicyclic amines) is 1. The second-order valence-electron chi connectivity index (χ2n) is 6.96. The van der Waals surface area contributed by atoms with Crippen LogP contribution in [0.5, 0.6) is 0 Å². The quantitative estimate of drug-likeness (QED) is 0.837. The molecular weight excluding hydrogens is 266 g/mol. The maximum absolute atomic E-state index is 12.3. The number of hydrogen-bond acceptors (Lipinski definition) is 2. The maximum atomic E-state index is 12.3. The fraction of sp³-hybridized carbons (Fsp3) is 0.875. The Bertz CT molecular complexity index is 351. The van der Waals surface area contributed by atoms with Crippen LogP contribution >= 0.6 is 0 Å². The highest BCUT2D eigenvalue weighted by Crippen LogP contribution is 2.17. The third-order valence-corrected chi connectivity index (χ3v) is 3.97. The zero-order valence-corrected chi connectivity index (χ0v) is 14.2. The molecule has 0 aliphatic carbocycles. The lowest BCUT2D eigenvalue weighted by atomic mass is 9.98. The number of nitrogens with zero attached hydrogens (tertiary/aromatic N) is 1. The van der Waals surface area contributed by atoms with Crippen LogP contribution in [-0.2, 0) is 4.79 Å². The van der Waals surface area contributed by atoms with Crippen molar-refractivity contribution in [3.05, 3.63) is 0 Å². The molecule has 3 amide bonds. The summed E-state index contributed by atoms with van der Waals surface area (Å²) < 4.78 is 0. The Morgan fingerprint density at radius 2 is 1.67 bits per heavy atom. The molecule has 1 saturated heterocycles. The molecule has 1 rings (SSSR count). The van der Waals surface area contributed by atoms with Crippen molar-refractivity contribution in [2.24, 2.45) is 5.92 Å². The zero-order chi connectivity index (χ0) is 16.0. The van der Waals surface area contributed by atoms with E-state index in [1.165, 1.54) is 0 Å². The topological polar surface area (TPSA) is 61.4 Å². The highest BCUT2D eigenvalue weighted by Gasteiger charge is 2.27. The Balaban J connectivity index is 2.39. The van der Waals surface area contributed by atoms with Crippen LogP contribution in [-0.4, -0.2) is 41.5 Å². The van der Waals surface area contributed by atoms with E-state index in [-0.39, 0.29) is 29.4 Å². The first kappa shape index (κ1) is 17.8. The van der Waals surface area contributed by atoms with Crippen LogP contribution in [0.4, 0.5) is 4.79 Å². The van der Waals surface area contributed by atoms with Gasteiger partial charge in [-0.3, -0.25) is 4.79 Å². The van der Waals surface area contributed by atoms with E-state index in [0.29, 0.717) is 0 Å². The van der Waals surface area contributed by atoms with Crippen LogP contribution < -0.4 is 10.6 Å². The second kappa shape index (κ2) is 7.66. The molecule has 0 aromatic heterocycles. The minimum absolute atomic E-state index is 0.118. The summed E-state index contributed by atoms with van der Waals surface area (Å²) in [6.45, 7) is 11.5. The molecular formula is C16H31N3O2. The summed E-state index contributed by atoms with van der Waals surface area (Å²) in [5.74, 6) is 0.427. The van der Waals surface area contributed by atoms with Crippen LogP contribution in [0, 0.1) is 5.92 Å². The van der Waals surface area contributed by atoms with Crippen molar-refractivity contribution in [1.29, 1.82) is 0 Å². The Labute approximate surface area is 128 Å². The monoisotopic (exact) mass is 297 g/mol. The molecule has 2 N–H and O–H groups in total. The summed E-state index contributed by atoms with van der Waals surface area (Å²) in [5.41, 5.74) is -0.226. The normalized spacial score (nSPS) is 17.0. The van der Waals surface area contributed by atoms with Gasteiger partial charge in [-0.15, -0.1) is 0 Å². The Kier molecular flexibility index (Phi) is 6.49. The first-order chi connectivity index (χ1) is 9.76. The first-order valence-electron chi connectivity index (χ1n) is 8.14. The fourth-order valence-corrected chi connectivity index (χ4v) is 2.70. The number of piperidine rings is 1. The maximum Gasteiger partial charge on any atom is 0.315 e. The van der Waals surface area contributed by atoms with E-state index in [0.717, 1.165) is 38.8 Å². The van der Waals surface area contributed by atoms with Gasteiger partial charge in [0.15, 0.2) is 0 Å². The molecule has 0 saturated carbocycles. The van der Waals surface area contributed by atoms with E-state index in [9.17, 15) is 9.59 Å². The summed E-state index contributed by atoms with van der Waals surface area (Å²) in [7, 11) is 0. The lowest BCUT2D eigenvalue weighted by Gasteiger charge is -2.34. The van der Waals surface area contributed by atoms with Gasteiger partial charge in [0, 0.05) is 30.6 Å². The number of amides is 3. The number of nitrogens with one attached hydrogen (secondary N) is 2. The van der Waals surface area contributed by atoms with Crippen molar-refractivity contribution in [1.82, 2.24) is 15.5 Å². The average molecular weight is 297 g/mol. The predicted octanol–water partition coefficient (Wildman–Crippen LogP) is 2.51. The molecule has 0 aromatic carbocycles. The van der Waals surface area contributed by atoms with Crippen molar-refractivity contribution < 1.29 is 9.59 Å².